The van der Waals surface area contributed by atoms with Gasteiger partial charge in [-0.25, -0.2) is 24.9 Å². The van der Waals surface area contributed by atoms with Gasteiger partial charge in [-0.05, 0) is 83.3 Å². The molecular formula is C57H35N7. The summed E-state index contributed by atoms with van der Waals surface area (Å²) in [5.74, 6) is 1.83. The van der Waals surface area contributed by atoms with Gasteiger partial charge in [-0.2, -0.15) is 10.5 Å². The second-order valence-electron chi connectivity index (χ2n) is 15.9. The van der Waals surface area contributed by atoms with Crippen molar-refractivity contribution >= 4 is 43.4 Å². The van der Waals surface area contributed by atoms with Crippen molar-refractivity contribution in [2.75, 3.05) is 0 Å². The fourth-order valence-electron chi connectivity index (χ4n) is 8.99. The molecule has 0 saturated heterocycles. The van der Waals surface area contributed by atoms with Crippen LogP contribution in [0.4, 0.5) is 0 Å². The molecule has 0 aliphatic carbocycles. The van der Waals surface area contributed by atoms with Crippen LogP contribution in [-0.4, -0.2) is 24.9 Å². The van der Waals surface area contributed by atoms with Crippen LogP contribution in [0.2, 0.25) is 0 Å². The van der Waals surface area contributed by atoms with Crippen molar-refractivity contribution in [2.45, 2.75) is 13.8 Å². The zero-order chi connectivity index (χ0) is 43.3. The number of hydrogen-bond donors (Lipinski definition) is 0. The van der Waals surface area contributed by atoms with E-state index in [1.165, 1.54) is 0 Å². The number of fused-ring (bicyclic) bond motifs is 6. The van der Waals surface area contributed by atoms with E-state index in [9.17, 15) is 10.5 Å². The third-order valence-electron chi connectivity index (χ3n) is 12.1. The summed E-state index contributed by atoms with van der Waals surface area (Å²) in [7, 11) is 0. The second-order valence-corrected chi connectivity index (χ2v) is 15.9. The highest BCUT2D eigenvalue weighted by Gasteiger charge is 2.23. The number of rotatable bonds is 6. The summed E-state index contributed by atoms with van der Waals surface area (Å²) in [5.41, 5.74) is 13.5. The first-order chi connectivity index (χ1) is 31.4. The Morgan fingerprint density at radius 1 is 0.328 bits per heavy atom. The Hall–Kier alpha value is -8.91. The highest BCUT2D eigenvalue weighted by molar-refractivity contribution is 6.25. The molecule has 7 nitrogen and oxygen atoms in total. The standard InChI is InChI=1S/C57H35N7/c1-34-49-45-15-9-10-16-47(45)60-53(39-21-17-36(32-58)18-22-39)51(49)35(2)50-46-30-29-44(31-48(46)61-54(52(34)50)40-23-19-37(33-59)20-24-40)38-25-27-43(28-26-38)57-63-55(41-11-5-3-6-12-41)62-56(64-57)42-13-7-4-8-14-42/h3-31H,1-2H3. The molecule has 0 aliphatic rings. The molecule has 0 aliphatic heterocycles. The SMILES string of the molecule is Cc1c2c(-c3ccc(C#N)cc3)nc3cc(-c4ccc(-c5nc(-c6ccccc6)nc(-c6ccccc6)n5)cc4)ccc3c2c(C)c2c(-c3ccc(C#N)cc3)nc3ccccc3c12. The smallest absolute Gasteiger partial charge is 0.164 e. The largest absolute Gasteiger partial charge is 0.247 e. The molecule has 11 rings (SSSR count). The number of hydrogen-bond acceptors (Lipinski definition) is 7. The van der Waals surface area contributed by atoms with E-state index in [-0.39, 0.29) is 0 Å². The number of aryl methyl sites for hydroxylation is 2. The van der Waals surface area contributed by atoms with Crippen molar-refractivity contribution in [3.63, 3.8) is 0 Å². The van der Waals surface area contributed by atoms with Crippen LogP contribution in [0.1, 0.15) is 22.3 Å². The molecule has 0 N–H and O–H groups in total. The van der Waals surface area contributed by atoms with E-state index in [1.807, 2.05) is 115 Å². The van der Waals surface area contributed by atoms with Crippen LogP contribution in [0.3, 0.4) is 0 Å². The van der Waals surface area contributed by atoms with Crippen LogP contribution in [0.15, 0.2) is 176 Å². The summed E-state index contributed by atoms with van der Waals surface area (Å²) in [4.78, 5) is 25.5. The number of para-hydroxylation sites is 1. The maximum atomic E-state index is 9.70. The second kappa shape index (κ2) is 15.5. The summed E-state index contributed by atoms with van der Waals surface area (Å²) in [6, 6.07) is 63.0. The number of aromatic nitrogens is 5. The zero-order valence-corrected chi connectivity index (χ0v) is 34.9. The van der Waals surface area contributed by atoms with E-state index in [0.29, 0.717) is 28.6 Å². The van der Waals surface area contributed by atoms with Gasteiger partial charge in [0.05, 0.1) is 45.7 Å². The van der Waals surface area contributed by atoms with E-state index >= 15 is 0 Å². The van der Waals surface area contributed by atoms with E-state index in [0.717, 1.165) is 105 Å². The first-order valence-electron chi connectivity index (χ1n) is 21.0. The first-order valence-corrected chi connectivity index (χ1v) is 21.0. The number of nitriles is 2. The molecule has 0 radical (unpaired) electrons. The molecular weight excluding hydrogens is 783 g/mol. The summed E-state index contributed by atoms with van der Waals surface area (Å²) < 4.78 is 0. The summed E-state index contributed by atoms with van der Waals surface area (Å²) in [6.45, 7) is 4.38. The fourth-order valence-corrected chi connectivity index (χ4v) is 8.99. The fraction of sp³-hybridized carbons (Fsp3) is 0.0351. The van der Waals surface area contributed by atoms with Crippen molar-refractivity contribution in [3.8, 4) is 79.9 Å². The van der Waals surface area contributed by atoms with Crippen LogP contribution >= 0.6 is 0 Å². The molecule has 0 saturated carbocycles. The van der Waals surface area contributed by atoms with Crippen LogP contribution in [0.25, 0.3) is 111 Å². The van der Waals surface area contributed by atoms with Gasteiger partial charge < -0.3 is 0 Å². The molecule has 0 unspecified atom stereocenters. The summed E-state index contributed by atoms with van der Waals surface area (Å²) >= 11 is 0. The number of benzene rings is 8. The predicted octanol–water partition coefficient (Wildman–Crippen LogP) is 13.6. The van der Waals surface area contributed by atoms with Crippen molar-refractivity contribution < 1.29 is 0 Å². The third-order valence-corrected chi connectivity index (χ3v) is 12.1. The van der Waals surface area contributed by atoms with Crippen molar-refractivity contribution in [3.05, 3.63) is 198 Å². The van der Waals surface area contributed by atoms with Crippen LogP contribution in [0.5, 0.6) is 0 Å². The lowest BCUT2D eigenvalue weighted by Gasteiger charge is -2.21. The molecule has 11 aromatic rings. The van der Waals surface area contributed by atoms with Gasteiger partial charge in [0.25, 0.3) is 0 Å². The van der Waals surface area contributed by atoms with Gasteiger partial charge in [0.2, 0.25) is 0 Å². The normalized spacial score (nSPS) is 11.2. The molecule has 8 aromatic carbocycles. The highest BCUT2D eigenvalue weighted by atomic mass is 15.0. The lowest BCUT2D eigenvalue weighted by atomic mass is 9.85. The summed E-state index contributed by atoms with van der Waals surface area (Å²) in [5, 5.41) is 25.7. The van der Waals surface area contributed by atoms with Gasteiger partial charge in [0, 0.05) is 49.4 Å². The molecule has 298 valence electrons. The van der Waals surface area contributed by atoms with Crippen LogP contribution in [0, 0.1) is 36.5 Å². The molecule has 0 amide bonds. The Bertz CT molecular complexity index is 3660. The molecule has 3 aromatic heterocycles. The molecule has 64 heavy (non-hydrogen) atoms. The Balaban J connectivity index is 1.11. The van der Waals surface area contributed by atoms with Gasteiger partial charge in [-0.15, -0.1) is 0 Å². The number of pyridine rings is 2. The topological polar surface area (TPSA) is 112 Å². The van der Waals surface area contributed by atoms with Crippen molar-refractivity contribution in [2.24, 2.45) is 0 Å². The summed E-state index contributed by atoms with van der Waals surface area (Å²) in [6.07, 6.45) is 0. The van der Waals surface area contributed by atoms with E-state index in [2.05, 4.69) is 86.6 Å². The van der Waals surface area contributed by atoms with Crippen molar-refractivity contribution in [1.82, 2.24) is 24.9 Å². The van der Waals surface area contributed by atoms with Crippen LogP contribution < -0.4 is 0 Å². The molecule has 0 spiro atoms. The molecule has 0 atom stereocenters. The van der Waals surface area contributed by atoms with Gasteiger partial charge in [0.15, 0.2) is 17.5 Å². The third kappa shape index (κ3) is 6.48. The number of nitrogens with zero attached hydrogens (tertiary/aromatic N) is 7. The maximum Gasteiger partial charge on any atom is 0.164 e. The monoisotopic (exact) mass is 817 g/mol. The van der Waals surface area contributed by atoms with Gasteiger partial charge >= 0.3 is 0 Å². The Labute approximate surface area is 369 Å². The molecule has 3 heterocycles. The Morgan fingerprint density at radius 3 is 1.22 bits per heavy atom. The molecule has 0 bridgehead atoms. The highest BCUT2D eigenvalue weighted by Crippen LogP contribution is 2.46. The van der Waals surface area contributed by atoms with E-state index < -0.39 is 0 Å². The van der Waals surface area contributed by atoms with Gasteiger partial charge in [-0.3, -0.25) is 0 Å². The molecule has 0 fully saturated rings. The average molecular weight is 818 g/mol. The van der Waals surface area contributed by atoms with Gasteiger partial charge in [-0.1, -0.05) is 140 Å². The minimum Gasteiger partial charge on any atom is -0.247 e. The Kier molecular flexibility index (Phi) is 9.23. The lowest BCUT2D eigenvalue weighted by molar-refractivity contribution is 1.07. The van der Waals surface area contributed by atoms with E-state index in [4.69, 9.17) is 24.9 Å². The minimum absolute atomic E-state index is 0.590. The first kappa shape index (κ1) is 38.0. The van der Waals surface area contributed by atoms with Gasteiger partial charge in [0.1, 0.15) is 0 Å². The lowest BCUT2D eigenvalue weighted by Crippen LogP contribution is -2.00. The Morgan fingerprint density at radius 2 is 0.719 bits per heavy atom. The van der Waals surface area contributed by atoms with Crippen molar-refractivity contribution in [1.29, 1.82) is 10.5 Å². The maximum absolute atomic E-state index is 9.70. The zero-order valence-electron chi connectivity index (χ0n) is 34.9. The average Bonchev–Trinajstić information content (AvgIpc) is 3.37. The minimum atomic E-state index is 0.590. The quantitative estimate of drug-likeness (QED) is 0.121. The predicted molar refractivity (Wildman–Crippen MR) is 257 cm³/mol. The molecule has 7 heteroatoms. The van der Waals surface area contributed by atoms with Crippen LogP contribution in [-0.2, 0) is 0 Å². The van der Waals surface area contributed by atoms with E-state index in [1.54, 1.807) is 0 Å².